The Labute approximate surface area is 109 Å². The summed E-state index contributed by atoms with van der Waals surface area (Å²) < 4.78 is 27.9. The predicted octanol–water partition coefficient (Wildman–Crippen LogP) is 0.919. The van der Waals surface area contributed by atoms with Gasteiger partial charge in [0.2, 0.25) is 0 Å². The largest absolute Gasteiger partial charge is 0.478 e. The number of hydrogen-bond acceptors (Lipinski definition) is 4. The quantitative estimate of drug-likeness (QED) is 0.867. The average Bonchev–Trinajstić information content (AvgIpc) is 2.74. The van der Waals surface area contributed by atoms with Crippen LogP contribution in [0.25, 0.3) is 0 Å². The van der Waals surface area contributed by atoms with Crippen molar-refractivity contribution in [2.24, 2.45) is 7.05 Å². The normalized spacial score (nSPS) is 11.2. The van der Waals surface area contributed by atoms with E-state index in [0.717, 1.165) is 6.07 Å². The predicted molar refractivity (Wildman–Crippen MR) is 67.4 cm³/mol. The lowest BCUT2D eigenvalue weighted by Gasteiger charge is -2.08. The van der Waals surface area contributed by atoms with E-state index in [2.05, 4.69) is 9.82 Å². The van der Waals surface area contributed by atoms with Gasteiger partial charge in [0.05, 0.1) is 16.7 Å². The molecule has 0 fully saturated rings. The van der Waals surface area contributed by atoms with Crippen LogP contribution in [0.4, 0.5) is 5.82 Å². The zero-order valence-electron chi connectivity index (χ0n) is 9.94. The first-order chi connectivity index (χ1) is 8.90. The Morgan fingerprint density at radius 1 is 1.37 bits per heavy atom. The molecule has 0 saturated heterocycles. The van der Waals surface area contributed by atoms with Gasteiger partial charge in [0.15, 0.2) is 0 Å². The number of aromatic carboxylic acids is 1. The molecule has 0 atom stereocenters. The fourth-order valence-electron chi connectivity index (χ4n) is 1.47. The Balaban J connectivity index is 2.37. The van der Waals surface area contributed by atoms with E-state index in [0.29, 0.717) is 5.82 Å². The fraction of sp³-hybridized carbons (Fsp3) is 0.0909. The summed E-state index contributed by atoms with van der Waals surface area (Å²) in [5.74, 6) is -0.890. The van der Waals surface area contributed by atoms with Crippen LogP contribution in [0.5, 0.6) is 0 Å². The van der Waals surface area contributed by atoms with Crippen LogP contribution in [-0.4, -0.2) is 29.3 Å². The molecule has 0 aliphatic heterocycles. The molecule has 2 N–H and O–H groups in total. The smallest absolute Gasteiger partial charge is 0.335 e. The number of hydrogen-bond donors (Lipinski definition) is 2. The first kappa shape index (κ1) is 13.1. The maximum atomic E-state index is 12.1. The highest BCUT2D eigenvalue weighted by atomic mass is 32.2. The van der Waals surface area contributed by atoms with E-state index in [1.165, 1.54) is 35.1 Å². The number of aryl methyl sites for hydroxylation is 1. The summed E-state index contributed by atoms with van der Waals surface area (Å²) in [6, 6.07) is 6.62. The van der Waals surface area contributed by atoms with E-state index in [1.807, 2.05) is 0 Å². The second kappa shape index (κ2) is 4.73. The molecule has 2 rings (SSSR count). The van der Waals surface area contributed by atoms with Gasteiger partial charge in [-0.1, -0.05) is 6.07 Å². The summed E-state index contributed by atoms with van der Waals surface area (Å²) in [5.41, 5.74) is -0.0899. The van der Waals surface area contributed by atoms with Crippen molar-refractivity contribution < 1.29 is 18.3 Å². The van der Waals surface area contributed by atoms with E-state index in [-0.39, 0.29) is 10.5 Å². The summed E-state index contributed by atoms with van der Waals surface area (Å²) in [4.78, 5) is 10.7. The molecule has 2 aromatic rings. The monoisotopic (exact) mass is 281 g/mol. The second-order valence-electron chi connectivity index (χ2n) is 3.78. The Morgan fingerprint density at radius 3 is 2.68 bits per heavy atom. The van der Waals surface area contributed by atoms with E-state index in [1.54, 1.807) is 7.05 Å². The van der Waals surface area contributed by atoms with Gasteiger partial charge in [0.1, 0.15) is 5.82 Å². The molecule has 1 aromatic heterocycles. The van der Waals surface area contributed by atoms with Crippen molar-refractivity contribution in [2.45, 2.75) is 4.90 Å². The lowest BCUT2D eigenvalue weighted by molar-refractivity contribution is 0.0696. The topological polar surface area (TPSA) is 101 Å². The lowest BCUT2D eigenvalue weighted by Crippen LogP contribution is -2.16. The molecule has 0 unspecified atom stereocenters. The van der Waals surface area contributed by atoms with Gasteiger partial charge in [0, 0.05) is 13.1 Å². The van der Waals surface area contributed by atoms with E-state index in [4.69, 9.17) is 5.11 Å². The Hall–Kier alpha value is -2.35. The zero-order valence-corrected chi connectivity index (χ0v) is 10.8. The number of aromatic nitrogens is 2. The maximum Gasteiger partial charge on any atom is 0.335 e. The maximum absolute atomic E-state index is 12.1. The van der Waals surface area contributed by atoms with Crippen LogP contribution in [0.15, 0.2) is 41.4 Å². The molecule has 0 aliphatic carbocycles. The third kappa shape index (κ3) is 2.74. The second-order valence-corrected chi connectivity index (χ2v) is 5.46. The minimum Gasteiger partial charge on any atom is -0.478 e. The molecule has 0 amide bonds. The molecule has 0 bridgehead atoms. The van der Waals surface area contributed by atoms with Crippen molar-refractivity contribution >= 4 is 21.8 Å². The minimum atomic E-state index is -3.84. The van der Waals surface area contributed by atoms with Crippen LogP contribution in [0.2, 0.25) is 0 Å². The van der Waals surface area contributed by atoms with Crippen LogP contribution in [0.3, 0.4) is 0 Å². The molecular formula is C11H11N3O4S. The van der Waals surface area contributed by atoms with Crippen LogP contribution >= 0.6 is 0 Å². The number of benzene rings is 1. The molecular weight excluding hydrogens is 270 g/mol. The molecule has 0 aliphatic rings. The molecule has 1 aromatic carbocycles. The first-order valence-electron chi connectivity index (χ1n) is 5.24. The Kier molecular flexibility index (Phi) is 3.26. The van der Waals surface area contributed by atoms with Gasteiger partial charge in [-0.05, 0) is 18.2 Å². The number of carboxylic acid groups (broad SMARTS) is 1. The number of carboxylic acids is 1. The molecule has 7 nitrogen and oxygen atoms in total. The lowest BCUT2D eigenvalue weighted by atomic mass is 10.2. The van der Waals surface area contributed by atoms with Crippen molar-refractivity contribution in [1.29, 1.82) is 0 Å². The van der Waals surface area contributed by atoms with Crippen molar-refractivity contribution in [2.75, 3.05) is 4.72 Å². The number of rotatable bonds is 4. The van der Waals surface area contributed by atoms with Gasteiger partial charge < -0.3 is 5.11 Å². The Bertz CT molecular complexity index is 721. The van der Waals surface area contributed by atoms with Crippen LogP contribution in [-0.2, 0) is 17.1 Å². The average molecular weight is 281 g/mol. The Morgan fingerprint density at radius 2 is 2.11 bits per heavy atom. The van der Waals surface area contributed by atoms with Gasteiger partial charge in [0.25, 0.3) is 10.0 Å². The van der Waals surface area contributed by atoms with Crippen molar-refractivity contribution in [3.8, 4) is 0 Å². The SMILES string of the molecule is Cn1nccc1NS(=O)(=O)c1cccc(C(=O)O)c1. The van der Waals surface area contributed by atoms with Gasteiger partial charge in [-0.15, -0.1) is 0 Å². The van der Waals surface area contributed by atoms with Crippen molar-refractivity contribution in [3.63, 3.8) is 0 Å². The number of anilines is 1. The minimum absolute atomic E-state index is 0.0899. The summed E-state index contributed by atoms with van der Waals surface area (Å²) in [6.07, 6.45) is 1.45. The molecule has 19 heavy (non-hydrogen) atoms. The highest BCUT2D eigenvalue weighted by Gasteiger charge is 2.17. The van der Waals surface area contributed by atoms with Gasteiger partial charge >= 0.3 is 5.97 Å². The first-order valence-corrected chi connectivity index (χ1v) is 6.72. The number of nitrogens with one attached hydrogen (secondary N) is 1. The van der Waals surface area contributed by atoms with E-state index < -0.39 is 16.0 Å². The van der Waals surface area contributed by atoms with Crippen molar-refractivity contribution in [1.82, 2.24) is 9.78 Å². The summed E-state index contributed by atoms with van der Waals surface area (Å²) >= 11 is 0. The molecule has 0 saturated carbocycles. The summed E-state index contributed by atoms with van der Waals surface area (Å²) in [5, 5.41) is 12.7. The summed E-state index contributed by atoms with van der Waals surface area (Å²) in [6.45, 7) is 0. The van der Waals surface area contributed by atoms with Crippen LogP contribution in [0.1, 0.15) is 10.4 Å². The van der Waals surface area contributed by atoms with Gasteiger partial charge in [-0.3, -0.25) is 9.40 Å². The molecule has 0 spiro atoms. The third-order valence-electron chi connectivity index (χ3n) is 2.45. The zero-order chi connectivity index (χ0) is 14.0. The number of sulfonamides is 1. The highest BCUT2D eigenvalue weighted by Crippen LogP contribution is 2.16. The molecule has 1 heterocycles. The highest BCUT2D eigenvalue weighted by molar-refractivity contribution is 7.92. The molecule has 100 valence electrons. The fourth-order valence-corrected chi connectivity index (χ4v) is 2.60. The van der Waals surface area contributed by atoms with Gasteiger partial charge in [-0.25, -0.2) is 13.2 Å². The van der Waals surface area contributed by atoms with Crippen molar-refractivity contribution in [3.05, 3.63) is 42.1 Å². The van der Waals surface area contributed by atoms with Crippen LogP contribution < -0.4 is 4.72 Å². The third-order valence-corrected chi connectivity index (χ3v) is 3.80. The molecule has 8 heteroatoms. The molecule has 0 radical (unpaired) electrons. The standard InChI is InChI=1S/C11H11N3O4S/c1-14-10(5-6-12-14)13-19(17,18)9-4-2-3-8(7-9)11(15)16/h2-7,13H,1H3,(H,15,16). The number of carbonyl (C=O) groups is 1. The number of nitrogens with zero attached hydrogens (tertiary/aromatic N) is 2. The summed E-state index contributed by atoms with van der Waals surface area (Å²) in [7, 11) is -2.25. The van der Waals surface area contributed by atoms with Crippen LogP contribution in [0, 0.1) is 0 Å². The van der Waals surface area contributed by atoms with E-state index in [9.17, 15) is 13.2 Å². The van der Waals surface area contributed by atoms with E-state index >= 15 is 0 Å². The van der Waals surface area contributed by atoms with Gasteiger partial charge in [-0.2, -0.15) is 5.10 Å².